The first-order chi connectivity index (χ1) is 12.5. The van der Waals surface area contributed by atoms with Gasteiger partial charge >= 0.3 is 0 Å². The van der Waals surface area contributed by atoms with Crippen molar-refractivity contribution in [3.8, 4) is 0 Å². The van der Waals surface area contributed by atoms with Gasteiger partial charge in [0, 0.05) is 17.8 Å². The third-order valence-corrected chi connectivity index (χ3v) is 4.54. The van der Waals surface area contributed by atoms with Gasteiger partial charge in [-0.3, -0.25) is 9.36 Å². The molecule has 0 amide bonds. The molecule has 0 bridgehead atoms. The molecule has 0 spiro atoms. The van der Waals surface area contributed by atoms with Gasteiger partial charge in [-0.15, -0.1) is 0 Å². The topological polar surface area (TPSA) is 59.7 Å². The summed E-state index contributed by atoms with van der Waals surface area (Å²) in [5.41, 5.74) is 2.78. The standard InChI is InChI=1S/C17H18Cl2N6S/c1-2-25-16(15(19)8-22-25)9-20-17(26)23-14-7-21-24(11-14)10-12-4-3-5-13(18)6-12/h3-8,11H,2,9-10H2,1H3,(H2,20,23,26). The third-order valence-electron chi connectivity index (χ3n) is 3.74. The summed E-state index contributed by atoms with van der Waals surface area (Å²) in [4.78, 5) is 0. The summed E-state index contributed by atoms with van der Waals surface area (Å²) in [7, 11) is 0. The Kier molecular flexibility index (Phi) is 6.13. The van der Waals surface area contributed by atoms with E-state index in [2.05, 4.69) is 20.8 Å². The van der Waals surface area contributed by atoms with E-state index in [-0.39, 0.29) is 0 Å². The number of anilines is 1. The molecule has 0 aliphatic carbocycles. The van der Waals surface area contributed by atoms with Crippen molar-refractivity contribution in [1.29, 1.82) is 0 Å². The van der Waals surface area contributed by atoms with Crippen LogP contribution in [0.4, 0.5) is 5.69 Å². The van der Waals surface area contributed by atoms with Crippen LogP contribution in [0.2, 0.25) is 10.0 Å². The van der Waals surface area contributed by atoms with Gasteiger partial charge in [0.15, 0.2) is 5.11 Å². The predicted octanol–water partition coefficient (Wildman–Crippen LogP) is 3.94. The Bertz CT molecular complexity index is 904. The first kappa shape index (κ1) is 18.7. The lowest BCUT2D eigenvalue weighted by atomic mass is 10.2. The van der Waals surface area contributed by atoms with Crippen LogP contribution in [0.5, 0.6) is 0 Å². The number of halogens is 2. The minimum atomic E-state index is 0.493. The molecule has 9 heteroatoms. The van der Waals surface area contributed by atoms with Gasteiger partial charge in [0.25, 0.3) is 0 Å². The fourth-order valence-corrected chi connectivity index (χ4v) is 3.12. The molecule has 2 N–H and O–H groups in total. The van der Waals surface area contributed by atoms with Crippen molar-refractivity contribution in [1.82, 2.24) is 24.9 Å². The number of hydrogen-bond donors (Lipinski definition) is 2. The maximum absolute atomic E-state index is 6.15. The summed E-state index contributed by atoms with van der Waals surface area (Å²) in [5, 5.41) is 16.6. The van der Waals surface area contributed by atoms with Gasteiger partial charge in [-0.2, -0.15) is 10.2 Å². The minimum absolute atomic E-state index is 0.493. The van der Waals surface area contributed by atoms with Crippen molar-refractivity contribution in [3.05, 3.63) is 64.2 Å². The van der Waals surface area contributed by atoms with E-state index in [4.69, 9.17) is 35.4 Å². The molecule has 0 fully saturated rings. The third kappa shape index (κ3) is 4.75. The predicted molar refractivity (Wildman–Crippen MR) is 109 cm³/mol. The molecular formula is C17H18Cl2N6S. The number of aromatic nitrogens is 4. The smallest absolute Gasteiger partial charge is 0.171 e. The zero-order chi connectivity index (χ0) is 18.5. The van der Waals surface area contributed by atoms with Crippen molar-refractivity contribution in [3.63, 3.8) is 0 Å². The Balaban J connectivity index is 1.55. The maximum atomic E-state index is 6.15. The van der Waals surface area contributed by atoms with Crippen LogP contribution in [0, 0.1) is 0 Å². The second-order valence-electron chi connectivity index (χ2n) is 5.62. The summed E-state index contributed by atoms with van der Waals surface area (Å²) in [6.45, 7) is 3.89. The Morgan fingerprint density at radius 2 is 2.08 bits per heavy atom. The van der Waals surface area contributed by atoms with E-state index < -0.39 is 0 Å². The highest BCUT2D eigenvalue weighted by Gasteiger charge is 2.09. The first-order valence-electron chi connectivity index (χ1n) is 8.07. The highest BCUT2D eigenvalue weighted by Crippen LogP contribution is 2.15. The fraction of sp³-hybridized carbons (Fsp3) is 0.235. The number of rotatable bonds is 6. The van der Waals surface area contributed by atoms with Crippen molar-refractivity contribution in [2.24, 2.45) is 0 Å². The van der Waals surface area contributed by atoms with E-state index in [0.717, 1.165) is 23.5 Å². The van der Waals surface area contributed by atoms with E-state index in [1.807, 2.05) is 46.7 Å². The van der Waals surface area contributed by atoms with Gasteiger partial charge in [0.2, 0.25) is 0 Å². The zero-order valence-electron chi connectivity index (χ0n) is 14.1. The lowest BCUT2D eigenvalue weighted by Gasteiger charge is -2.10. The highest BCUT2D eigenvalue weighted by atomic mass is 35.5. The van der Waals surface area contributed by atoms with Crippen molar-refractivity contribution >= 4 is 46.2 Å². The number of nitrogens with one attached hydrogen (secondary N) is 2. The van der Waals surface area contributed by atoms with Crippen LogP contribution in [0.15, 0.2) is 42.9 Å². The monoisotopic (exact) mass is 408 g/mol. The zero-order valence-corrected chi connectivity index (χ0v) is 16.4. The minimum Gasteiger partial charge on any atom is -0.357 e. The summed E-state index contributed by atoms with van der Waals surface area (Å²) >= 11 is 17.5. The van der Waals surface area contributed by atoms with Gasteiger partial charge < -0.3 is 10.6 Å². The van der Waals surface area contributed by atoms with E-state index in [1.54, 1.807) is 12.4 Å². The fourth-order valence-electron chi connectivity index (χ4n) is 2.51. The second kappa shape index (κ2) is 8.53. The number of benzene rings is 1. The van der Waals surface area contributed by atoms with Crippen molar-refractivity contribution in [2.45, 2.75) is 26.6 Å². The van der Waals surface area contributed by atoms with Crippen LogP contribution in [-0.4, -0.2) is 24.7 Å². The van der Waals surface area contributed by atoms with Gasteiger partial charge in [0.1, 0.15) is 0 Å². The molecule has 0 unspecified atom stereocenters. The van der Waals surface area contributed by atoms with Gasteiger partial charge in [-0.25, -0.2) is 0 Å². The van der Waals surface area contributed by atoms with Crippen LogP contribution in [0.25, 0.3) is 0 Å². The van der Waals surface area contributed by atoms with Crippen molar-refractivity contribution in [2.75, 3.05) is 5.32 Å². The van der Waals surface area contributed by atoms with Crippen LogP contribution in [0.3, 0.4) is 0 Å². The van der Waals surface area contributed by atoms with E-state index >= 15 is 0 Å². The van der Waals surface area contributed by atoms with Crippen LogP contribution in [0.1, 0.15) is 18.2 Å². The van der Waals surface area contributed by atoms with Crippen LogP contribution < -0.4 is 10.6 Å². The van der Waals surface area contributed by atoms with Crippen LogP contribution >= 0.6 is 35.4 Å². The lowest BCUT2D eigenvalue weighted by molar-refractivity contribution is 0.614. The molecule has 6 nitrogen and oxygen atoms in total. The van der Waals surface area contributed by atoms with E-state index in [0.29, 0.717) is 28.2 Å². The average Bonchev–Trinajstić information content (AvgIpc) is 3.19. The first-order valence-corrected chi connectivity index (χ1v) is 9.23. The molecule has 0 saturated heterocycles. The quantitative estimate of drug-likeness (QED) is 0.604. The molecule has 0 atom stereocenters. The second-order valence-corrected chi connectivity index (χ2v) is 6.87. The summed E-state index contributed by atoms with van der Waals surface area (Å²) in [6, 6.07) is 7.70. The van der Waals surface area contributed by atoms with E-state index in [9.17, 15) is 0 Å². The molecule has 0 saturated carbocycles. The molecule has 2 aromatic heterocycles. The molecule has 0 radical (unpaired) electrons. The molecule has 136 valence electrons. The molecule has 3 aromatic rings. The largest absolute Gasteiger partial charge is 0.357 e. The van der Waals surface area contributed by atoms with Gasteiger partial charge in [0.05, 0.1) is 41.9 Å². The Morgan fingerprint density at radius 3 is 2.85 bits per heavy atom. The number of nitrogens with zero attached hydrogens (tertiary/aromatic N) is 4. The van der Waals surface area contributed by atoms with Gasteiger partial charge in [-0.05, 0) is 36.8 Å². The lowest BCUT2D eigenvalue weighted by Crippen LogP contribution is -2.28. The van der Waals surface area contributed by atoms with Gasteiger partial charge in [-0.1, -0.05) is 35.3 Å². The van der Waals surface area contributed by atoms with Crippen LogP contribution in [-0.2, 0) is 19.6 Å². The highest BCUT2D eigenvalue weighted by molar-refractivity contribution is 7.80. The van der Waals surface area contributed by atoms with E-state index in [1.165, 1.54) is 0 Å². The Labute approximate surface area is 167 Å². The molecule has 3 rings (SSSR count). The molecule has 26 heavy (non-hydrogen) atoms. The maximum Gasteiger partial charge on any atom is 0.171 e. The number of thiocarbonyl (C=S) groups is 1. The Morgan fingerprint density at radius 1 is 1.23 bits per heavy atom. The number of hydrogen-bond acceptors (Lipinski definition) is 3. The van der Waals surface area contributed by atoms with Crippen molar-refractivity contribution < 1.29 is 0 Å². The molecule has 1 aromatic carbocycles. The summed E-state index contributed by atoms with van der Waals surface area (Å²) in [5.74, 6) is 0. The summed E-state index contributed by atoms with van der Waals surface area (Å²) < 4.78 is 3.65. The Hall–Kier alpha value is -2.09. The molecule has 0 aliphatic heterocycles. The summed E-state index contributed by atoms with van der Waals surface area (Å²) in [6.07, 6.45) is 5.25. The molecule has 0 aliphatic rings. The SMILES string of the molecule is CCn1ncc(Cl)c1CNC(=S)Nc1cnn(Cc2cccc(Cl)c2)c1. The molecular weight excluding hydrogens is 391 g/mol. The number of aryl methyl sites for hydroxylation is 1. The normalized spacial score (nSPS) is 10.7. The average molecular weight is 409 g/mol. The molecule has 2 heterocycles.